The van der Waals surface area contributed by atoms with Crippen molar-refractivity contribution in [3.05, 3.63) is 40.0 Å². The van der Waals surface area contributed by atoms with Gasteiger partial charge in [-0.25, -0.2) is 13.4 Å². The number of unbranched alkanes of at least 4 members (excludes halogenated alkanes) is 1. The zero-order chi connectivity index (χ0) is 15.5. The number of aryl methyl sites for hydroxylation is 2. The number of nitrogens with one attached hydrogen (secondary N) is 1. The van der Waals surface area contributed by atoms with Gasteiger partial charge in [-0.15, -0.1) is 0 Å². The molecule has 0 aliphatic heterocycles. The number of hydrogen-bond donors (Lipinski definition) is 1. The number of benzene rings is 1. The first-order chi connectivity index (χ1) is 9.92. The van der Waals surface area contributed by atoms with E-state index in [-0.39, 0.29) is 8.68 Å². The molecule has 7 heteroatoms. The molecular formula is C14H17ClN2O2S2. The van der Waals surface area contributed by atoms with Crippen LogP contribution in [0.15, 0.2) is 28.5 Å². The molecule has 0 amide bonds. The van der Waals surface area contributed by atoms with E-state index in [4.69, 9.17) is 11.6 Å². The molecule has 2 rings (SSSR count). The second kappa shape index (κ2) is 6.77. The van der Waals surface area contributed by atoms with Crippen molar-refractivity contribution in [2.45, 2.75) is 37.3 Å². The van der Waals surface area contributed by atoms with E-state index >= 15 is 0 Å². The minimum absolute atomic E-state index is 0.155. The maximum atomic E-state index is 12.3. The lowest BCUT2D eigenvalue weighted by atomic mass is 10.1. The molecule has 0 aliphatic carbocycles. The van der Waals surface area contributed by atoms with Gasteiger partial charge < -0.3 is 0 Å². The lowest BCUT2D eigenvalue weighted by molar-refractivity contribution is 0.602. The van der Waals surface area contributed by atoms with Crippen LogP contribution < -0.4 is 4.72 Å². The molecule has 4 nitrogen and oxygen atoms in total. The summed E-state index contributed by atoms with van der Waals surface area (Å²) in [6.07, 6.45) is 3.27. The van der Waals surface area contributed by atoms with Crippen molar-refractivity contribution in [3.8, 4) is 0 Å². The zero-order valence-electron chi connectivity index (χ0n) is 11.9. The second-order valence-electron chi connectivity index (χ2n) is 4.75. The van der Waals surface area contributed by atoms with Crippen LogP contribution in [-0.2, 0) is 16.4 Å². The maximum absolute atomic E-state index is 12.3. The standard InChI is InChI=1S/C14H17ClN2O2S2/c1-3-4-5-11-6-8-12(9-7-11)17-21(18,19)13-10(2)16-14(15)20-13/h6-9,17H,3-5H2,1-2H3. The topological polar surface area (TPSA) is 59.1 Å². The van der Waals surface area contributed by atoms with Gasteiger partial charge in [-0.3, -0.25) is 4.72 Å². The number of nitrogens with zero attached hydrogens (tertiary/aromatic N) is 1. The van der Waals surface area contributed by atoms with Crippen LogP contribution in [0.25, 0.3) is 0 Å². The first-order valence-corrected chi connectivity index (χ1v) is 9.35. The normalized spacial score (nSPS) is 11.6. The predicted octanol–water partition coefficient (Wildman–Crippen LogP) is 4.25. The summed E-state index contributed by atoms with van der Waals surface area (Å²) < 4.78 is 27.5. The van der Waals surface area contributed by atoms with Gasteiger partial charge in [0.05, 0.1) is 5.69 Å². The Balaban J connectivity index is 2.15. The number of anilines is 1. The molecule has 0 saturated carbocycles. The highest BCUT2D eigenvalue weighted by molar-refractivity contribution is 7.94. The number of thiazole rings is 1. The molecule has 0 spiro atoms. The van der Waals surface area contributed by atoms with Crippen molar-refractivity contribution in [2.24, 2.45) is 0 Å². The highest BCUT2D eigenvalue weighted by Gasteiger charge is 2.21. The Hall–Kier alpha value is -1.11. The van der Waals surface area contributed by atoms with Crippen LogP contribution in [0.1, 0.15) is 31.0 Å². The van der Waals surface area contributed by atoms with E-state index in [1.165, 1.54) is 5.56 Å². The Labute approximate surface area is 134 Å². The minimum Gasteiger partial charge on any atom is -0.279 e. The first kappa shape index (κ1) is 16.3. The molecule has 0 fully saturated rings. The molecule has 0 unspecified atom stereocenters. The number of sulfonamides is 1. The maximum Gasteiger partial charge on any atom is 0.273 e. The summed E-state index contributed by atoms with van der Waals surface area (Å²) in [5.41, 5.74) is 2.16. The molecule has 2 aromatic rings. The van der Waals surface area contributed by atoms with Crippen molar-refractivity contribution in [1.82, 2.24) is 4.98 Å². The average molecular weight is 345 g/mol. The van der Waals surface area contributed by atoms with E-state index < -0.39 is 10.0 Å². The zero-order valence-corrected chi connectivity index (χ0v) is 14.3. The Morgan fingerprint density at radius 1 is 1.29 bits per heavy atom. The van der Waals surface area contributed by atoms with Crippen molar-refractivity contribution in [2.75, 3.05) is 4.72 Å². The quantitative estimate of drug-likeness (QED) is 0.852. The van der Waals surface area contributed by atoms with Crippen LogP contribution in [0.4, 0.5) is 5.69 Å². The van der Waals surface area contributed by atoms with Gasteiger partial charge in [0.1, 0.15) is 0 Å². The molecule has 21 heavy (non-hydrogen) atoms. The number of halogens is 1. The summed E-state index contributed by atoms with van der Waals surface area (Å²) in [7, 11) is -3.63. The molecule has 0 aliphatic rings. The van der Waals surface area contributed by atoms with Crippen LogP contribution in [0.3, 0.4) is 0 Å². The fourth-order valence-electron chi connectivity index (χ4n) is 1.92. The molecule has 0 atom stereocenters. The predicted molar refractivity (Wildman–Crippen MR) is 87.7 cm³/mol. The molecule has 114 valence electrons. The van der Waals surface area contributed by atoms with Gasteiger partial charge in [0, 0.05) is 5.69 Å². The van der Waals surface area contributed by atoms with Gasteiger partial charge in [-0.2, -0.15) is 0 Å². The summed E-state index contributed by atoms with van der Waals surface area (Å²) in [5, 5.41) is 0. The van der Waals surface area contributed by atoms with Crippen molar-refractivity contribution in [3.63, 3.8) is 0 Å². The van der Waals surface area contributed by atoms with Crippen LogP contribution in [0.2, 0.25) is 4.47 Å². The summed E-state index contributed by atoms with van der Waals surface area (Å²) >= 11 is 6.72. The van der Waals surface area contributed by atoms with Crippen molar-refractivity contribution >= 4 is 38.6 Å². The number of hydrogen-bond acceptors (Lipinski definition) is 4. The van der Waals surface area contributed by atoms with E-state index in [1.54, 1.807) is 19.1 Å². The molecule has 1 heterocycles. The third-order valence-corrected chi connectivity index (χ3v) is 6.25. The fourth-order valence-corrected chi connectivity index (χ4v) is 4.72. The Bertz CT molecular complexity index is 709. The van der Waals surface area contributed by atoms with Crippen LogP contribution in [-0.4, -0.2) is 13.4 Å². The summed E-state index contributed by atoms with van der Waals surface area (Å²) in [5.74, 6) is 0. The molecule has 0 saturated heterocycles. The van der Waals surface area contributed by atoms with E-state index in [9.17, 15) is 8.42 Å². The molecule has 1 N–H and O–H groups in total. The molecular weight excluding hydrogens is 328 g/mol. The monoisotopic (exact) mass is 344 g/mol. The van der Waals surface area contributed by atoms with Crippen LogP contribution in [0.5, 0.6) is 0 Å². The van der Waals surface area contributed by atoms with Gasteiger partial charge in [0.25, 0.3) is 10.0 Å². The number of rotatable bonds is 6. The fraction of sp³-hybridized carbons (Fsp3) is 0.357. The Morgan fingerprint density at radius 3 is 2.48 bits per heavy atom. The molecule has 0 radical (unpaired) electrons. The summed E-state index contributed by atoms with van der Waals surface area (Å²) in [6.45, 7) is 3.77. The minimum atomic E-state index is -3.63. The molecule has 1 aromatic carbocycles. The summed E-state index contributed by atoms with van der Waals surface area (Å²) in [4.78, 5) is 3.93. The third-order valence-electron chi connectivity index (χ3n) is 3.00. The van der Waals surface area contributed by atoms with E-state index in [0.717, 1.165) is 30.6 Å². The third kappa shape index (κ3) is 4.18. The van der Waals surface area contributed by atoms with E-state index in [0.29, 0.717) is 11.4 Å². The molecule has 0 bridgehead atoms. The highest BCUT2D eigenvalue weighted by atomic mass is 35.5. The Morgan fingerprint density at radius 2 is 1.95 bits per heavy atom. The van der Waals surface area contributed by atoms with E-state index in [1.807, 2.05) is 12.1 Å². The van der Waals surface area contributed by atoms with Gasteiger partial charge in [-0.05, 0) is 37.5 Å². The van der Waals surface area contributed by atoms with Gasteiger partial charge >= 0.3 is 0 Å². The second-order valence-corrected chi connectivity index (χ2v) is 8.20. The largest absolute Gasteiger partial charge is 0.279 e. The van der Waals surface area contributed by atoms with Gasteiger partial charge in [-0.1, -0.05) is 48.4 Å². The van der Waals surface area contributed by atoms with Gasteiger partial charge in [0.15, 0.2) is 8.68 Å². The molecule has 1 aromatic heterocycles. The SMILES string of the molecule is CCCCc1ccc(NS(=O)(=O)c2sc(Cl)nc2C)cc1. The smallest absolute Gasteiger partial charge is 0.273 e. The number of aromatic nitrogens is 1. The summed E-state index contributed by atoms with van der Waals surface area (Å²) in [6, 6.07) is 7.45. The Kier molecular flexibility index (Phi) is 5.24. The first-order valence-electron chi connectivity index (χ1n) is 6.67. The average Bonchev–Trinajstić information content (AvgIpc) is 2.77. The highest BCUT2D eigenvalue weighted by Crippen LogP contribution is 2.28. The van der Waals surface area contributed by atoms with Crippen LogP contribution in [0, 0.1) is 6.92 Å². The lowest BCUT2D eigenvalue weighted by Crippen LogP contribution is -2.12. The lowest BCUT2D eigenvalue weighted by Gasteiger charge is -2.07. The van der Waals surface area contributed by atoms with Crippen molar-refractivity contribution < 1.29 is 8.42 Å². The van der Waals surface area contributed by atoms with Crippen LogP contribution >= 0.6 is 22.9 Å². The van der Waals surface area contributed by atoms with Crippen molar-refractivity contribution in [1.29, 1.82) is 0 Å². The van der Waals surface area contributed by atoms with E-state index in [2.05, 4.69) is 16.6 Å². The van der Waals surface area contributed by atoms with Gasteiger partial charge in [0.2, 0.25) is 0 Å².